The van der Waals surface area contributed by atoms with Gasteiger partial charge in [0.2, 0.25) is 0 Å². The van der Waals surface area contributed by atoms with Crippen LogP contribution in [0.2, 0.25) is 0 Å². The first-order valence-electron chi connectivity index (χ1n) is 7.03. The molecule has 0 aliphatic carbocycles. The third kappa shape index (κ3) is 4.17. The van der Waals surface area contributed by atoms with Gasteiger partial charge in [-0.05, 0) is 46.2 Å². The summed E-state index contributed by atoms with van der Waals surface area (Å²) in [6, 6.07) is 1.93. The first-order valence-corrected chi connectivity index (χ1v) is 7.84. The lowest BCUT2D eigenvalue weighted by Crippen LogP contribution is -2.24. The lowest BCUT2D eigenvalue weighted by Gasteiger charge is -2.18. The van der Waals surface area contributed by atoms with Gasteiger partial charge in [0.25, 0.3) is 0 Å². The molecule has 0 aliphatic heterocycles. The molecule has 5 heteroatoms. The fourth-order valence-electron chi connectivity index (χ4n) is 2.20. The van der Waals surface area contributed by atoms with Crippen LogP contribution in [0.4, 0.5) is 0 Å². The topological polar surface area (TPSA) is 52.6 Å². The van der Waals surface area contributed by atoms with Crippen molar-refractivity contribution < 1.29 is 19.1 Å². The Hall–Kier alpha value is -1.62. The fraction of sp³-hybridized carbons (Fsp3) is 0.500. The molecule has 1 atom stereocenters. The Morgan fingerprint density at radius 1 is 1.24 bits per heavy atom. The number of allylic oxidation sites excluding steroid dienone is 1. The number of esters is 2. The van der Waals surface area contributed by atoms with Gasteiger partial charge in [0.15, 0.2) is 0 Å². The highest BCUT2D eigenvalue weighted by molar-refractivity contribution is 7.12. The molecule has 0 saturated heterocycles. The Bertz CT molecular complexity index is 542. The third-order valence-corrected chi connectivity index (χ3v) is 4.03. The first-order chi connectivity index (χ1) is 9.96. The summed E-state index contributed by atoms with van der Waals surface area (Å²) in [6.45, 7) is 9.68. The highest BCUT2D eigenvalue weighted by Gasteiger charge is 2.32. The van der Waals surface area contributed by atoms with Gasteiger partial charge in [-0.3, -0.25) is 4.79 Å². The molecule has 1 aromatic rings. The summed E-state index contributed by atoms with van der Waals surface area (Å²) in [5.74, 6) is -1.61. The van der Waals surface area contributed by atoms with Crippen LogP contribution < -0.4 is 0 Å². The number of hydrogen-bond donors (Lipinski definition) is 0. The van der Waals surface area contributed by atoms with Gasteiger partial charge in [-0.25, -0.2) is 4.79 Å². The van der Waals surface area contributed by atoms with Crippen molar-refractivity contribution >= 4 is 23.3 Å². The van der Waals surface area contributed by atoms with E-state index in [0.29, 0.717) is 5.57 Å². The Morgan fingerprint density at radius 2 is 1.86 bits per heavy atom. The van der Waals surface area contributed by atoms with Crippen LogP contribution in [0, 0.1) is 13.8 Å². The van der Waals surface area contributed by atoms with E-state index >= 15 is 0 Å². The smallest absolute Gasteiger partial charge is 0.334 e. The maximum absolute atomic E-state index is 12.3. The van der Waals surface area contributed by atoms with Gasteiger partial charge >= 0.3 is 11.9 Å². The molecular weight excluding hydrogens is 288 g/mol. The molecule has 0 spiro atoms. The summed E-state index contributed by atoms with van der Waals surface area (Å²) < 4.78 is 10.2. The molecule has 0 fully saturated rings. The van der Waals surface area contributed by atoms with Gasteiger partial charge in [0, 0.05) is 9.75 Å². The largest absolute Gasteiger partial charge is 0.465 e. The number of carbonyl (C=O) groups is 2. The summed E-state index contributed by atoms with van der Waals surface area (Å²) >= 11 is 1.60. The van der Waals surface area contributed by atoms with E-state index in [4.69, 9.17) is 9.47 Å². The van der Waals surface area contributed by atoms with Crippen molar-refractivity contribution in [2.45, 2.75) is 40.5 Å². The average molecular weight is 310 g/mol. The van der Waals surface area contributed by atoms with E-state index in [1.807, 2.05) is 19.9 Å². The average Bonchev–Trinajstić information content (AvgIpc) is 2.74. The number of aryl methyl sites for hydroxylation is 2. The van der Waals surface area contributed by atoms with Gasteiger partial charge < -0.3 is 9.47 Å². The number of hydrogen-bond acceptors (Lipinski definition) is 5. The Labute approximate surface area is 129 Å². The standard InChI is InChI=1S/C16H22O4S/c1-6-12(15(17)19-7-2)14(16(18)20-8-3)13-9-10(4)21-11(13)5/h6,9,14H,7-8H2,1-5H3. The molecule has 0 N–H and O–H groups in total. The Morgan fingerprint density at radius 3 is 2.29 bits per heavy atom. The molecule has 21 heavy (non-hydrogen) atoms. The minimum atomic E-state index is -0.723. The molecule has 1 aromatic heterocycles. The van der Waals surface area contributed by atoms with Crippen LogP contribution in [0.5, 0.6) is 0 Å². The van der Waals surface area contributed by atoms with E-state index in [0.717, 1.165) is 15.3 Å². The highest BCUT2D eigenvalue weighted by Crippen LogP contribution is 2.34. The molecule has 0 aliphatic rings. The van der Waals surface area contributed by atoms with E-state index in [-0.39, 0.29) is 13.2 Å². The molecule has 0 saturated carbocycles. The molecule has 0 bridgehead atoms. The predicted octanol–water partition coefficient (Wildman–Crippen LogP) is 3.52. The SMILES string of the molecule is CC=C(C(=O)OCC)C(C(=O)OCC)c1cc(C)sc1C. The fourth-order valence-corrected chi connectivity index (χ4v) is 3.16. The zero-order chi connectivity index (χ0) is 16.0. The summed E-state index contributed by atoms with van der Waals surface area (Å²) in [6.07, 6.45) is 1.63. The quantitative estimate of drug-likeness (QED) is 0.596. The van der Waals surface area contributed by atoms with Crippen LogP contribution in [-0.4, -0.2) is 25.2 Å². The van der Waals surface area contributed by atoms with Crippen molar-refractivity contribution in [2.75, 3.05) is 13.2 Å². The zero-order valence-electron chi connectivity index (χ0n) is 13.2. The molecule has 0 radical (unpaired) electrons. The van der Waals surface area contributed by atoms with Crippen LogP contribution in [0.1, 0.15) is 42.0 Å². The highest BCUT2D eigenvalue weighted by atomic mass is 32.1. The first kappa shape index (κ1) is 17.4. The normalized spacial score (nSPS) is 12.9. The van der Waals surface area contributed by atoms with Crippen LogP contribution in [0.25, 0.3) is 0 Å². The Balaban J connectivity index is 3.28. The number of thiophene rings is 1. The van der Waals surface area contributed by atoms with Gasteiger partial charge in [-0.2, -0.15) is 0 Å². The van der Waals surface area contributed by atoms with E-state index in [9.17, 15) is 9.59 Å². The monoisotopic (exact) mass is 310 g/mol. The van der Waals surface area contributed by atoms with Crippen LogP contribution in [-0.2, 0) is 19.1 Å². The second-order valence-electron chi connectivity index (χ2n) is 4.52. The Kier molecular flexibility index (Phi) is 6.62. The zero-order valence-corrected chi connectivity index (χ0v) is 14.0. The number of rotatable bonds is 6. The maximum Gasteiger partial charge on any atom is 0.334 e. The van der Waals surface area contributed by atoms with Gasteiger partial charge in [0.05, 0.1) is 18.8 Å². The van der Waals surface area contributed by atoms with E-state index < -0.39 is 17.9 Å². The van der Waals surface area contributed by atoms with Crippen LogP contribution in [0.15, 0.2) is 17.7 Å². The van der Waals surface area contributed by atoms with Gasteiger partial charge in [-0.1, -0.05) is 6.08 Å². The van der Waals surface area contributed by atoms with Gasteiger partial charge in [-0.15, -0.1) is 11.3 Å². The van der Waals surface area contributed by atoms with Crippen molar-refractivity contribution in [3.05, 3.63) is 33.0 Å². The van der Waals surface area contributed by atoms with Gasteiger partial charge in [0.1, 0.15) is 5.92 Å². The minimum absolute atomic E-state index is 0.271. The molecular formula is C16H22O4S. The van der Waals surface area contributed by atoms with Crippen LogP contribution in [0.3, 0.4) is 0 Å². The summed E-state index contributed by atoms with van der Waals surface area (Å²) in [7, 11) is 0. The number of carbonyl (C=O) groups excluding carboxylic acids is 2. The van der Waals surface area contributed by atoms with Crippen molar-refractivity contribution in [3.8, 4) is 0 Å². The predicted molar refractivity (Wildman–Crippen MR) is 83.6 cm³/mol. The lowest BCUT2D eigenvalue weighted by atomic mass is 9.91. The summed E-state index contributed by atoms with van der Waals surface area (Å²) in [5.41, 5.74) is 1.15. The maximum atomic E-state index is 12.3. The van der Waals surface area contributed by atoms with E-state index in [1.54, 1.807) is 38.2 Å². The van der Waals surface area contributed by atoms with Crippen molar-refractivity contribution in [1.82, 2.24) is 0 Å². The second kappa shape index (κ2) is 7.98. The van der Waals surface area contributed by atoms with E-state index in [2.05, 4.69) is 0 Å². The minimum Gasteiger partial charge on any atom is -0.465 e. The summed E-state index contributed by atoms with van der Waals surface area (Å²) in [5, 5.41) is 0. The molecule has 0 amide bonds. The molecule has 116 valence electrons. The second-order valence-corrected chi connectivity index (χ2v) is 5.98. The van der Waals surface area contributed by atoms with Crippen LogP contribution >= 0.6 is 11.3 Å². The molecule has 1 rings (SSSR count). The van der Waals surface area contributed by atoms with Crippen molar-refractivity contribution in [3.63, 3.8) is 0 Å². The third-order valence-electron chi connectivity index (χ3n) is 3.05. The lowest BCUT2D eigenvalue weighted by molar-refractivity contribution is -0.147. The number of ether oxygens (including phenoxy) is 2. The summed E-state index contributed by atoms with van der Waals surface area (Å²) in [4.78, 5) is 26.6. The van der Waals surface area contributed by atoms with Crippen molar-refractivity contribution in [2.24, 2.45) is 0 Å². The molecule has 4 nitrogen and oxygen atoms in total. The van der Waals surface area contributed by atoms with E-state index in [1.165, 1.54) is 0 Å². The molecule has 0 aromatic carbocycles. The molecule has 1 heterocycles. The molecule has 1 unspecified atom stereocenters. The van der Waals surface area contributed by atoms with Crippen molar-refractivity contribution in [1.29, 1.82) is 0 Å².